The third-order valence-electron chi connectivity index (χ3n) is 2.92. The first kappa shape index (κ1) is 11.9. The van der Waals surface area contributed by atoms with Crippen LogP contribution in [-0.2, 0) is 0 Å². The van der Waals surface area contributed by atoms with Crippen LogP contribution < -0.4 is 11.5 Å². The lowest BCUT2D eigenvalue weighted by atomic mass is 10.1. The fourth-order valence-corrected chi connectivity index (χ4v) is 2.06. The smallest absolute Gasteiger partial charge is 0.227 e. The second-order valence-electron chi connectivity index (χ2n) is 4.46. The highest BCUT2D eigenvalue weighted by molar-refractivity contribution is 6.35. The van der Waals surface area contributed by atoms with Crippen LogP contribution in [0.4, 0.5) is 11.4 Å². The van der Waals surface area contributed by atoms with Gasteiger partial charge in [0.1, 0.15) is 5.52 Å². The Balaban J connectivity index is 2.19. The van der Waals surface area contributed by atoms with Crippen molar-refractivity contribution < 1.29 is 4.42 Å². The van der Waals surface area contributed by atoms with Crippen molar-refractivity contribution in [2.75, 3.05) is 11.5 Å². The van der Waals surface area contributed by atoms with Crippen LogP contribution in [0.15, 0.2) is 34.7 Å². The molecule has 0 saturated carbocycles. The van der Waals surface area contributed by atoms with E-state index in [2.05, 4.69) is 4.98 Å². The second-order valence-corrected chi connectivity index (χ2v) is 4.84. The number of rotatable bonds is 1. The molecule has 0 atom stereocenters. The van der Waals surface area contributed by atoms with E-state index in [1.165, 1.54) is 0 Å². The third-order valence-corrected chi connectivity index (χ3v) is 3.36. The van der Waals surface area contributed by atoms with E-state index in [-0.39, 0.29) is 0 Å². The van der Waals surface area contributed by atoms with Crippen LogP contribution in [0.5, 0.6) is 0 Å². The SMILES string of the molecule is Cc1ccc2oc(-c3cc(N)c(Cl)c(N)c3)nc2c1. The fraction of sp³-hybridized carbons (Fsp3) is 0.0714. The summed E-state index contributed by atoms with van der Waals surface area (Å²) in [5.74, 6) is 0.482. The maximum Gasteiger partial charge on any atom is 0.227 e. The largest absolute Gasteiger partial charge is 0.436 e. The Hall–Kier alpha value is -2.20. The summed E-state index contributed by atoms with van der Waals surface area (Å²) in [4.78, 5) is 4.43. The van der Waals surface area contributed by atoms with E-state index < -0.39 is 0 Å². The molecule has 5 heteroatoms. The first-order valence-corrected chi connectivity index (χ1v) is 6.14. The molecule has 0 aliphatic carbocycles. The number of nitrogens with two attached hydrogens (primary N) is 2. The number of benzene rings is 2. The van der Waals surface area contributed by atoms with E-state index in [1.807, 2.05) is 25.1 Å². The molecule has 0 spiro atoms. The van der Waals surface area contributed by atoms with E-state index in [4.69, 9.17) is 27.5 Å². The van der Waals surface area contributed by atoms with E-state index in [0.717, 1.165) is 16.7 Å². The molecule has 19 heavy (non-hydrogen) atoms. The van der Waals surface area contributed by atoms with Gasteiger partial charge in [-0.05, 0) is 36.8 Å². The first-order chi connectivity index (χ1) is 9.04. The van der Waals surface area contributed by atoms with Crippen molar-refractivity contribution in [1.82, 2.24) is 4.98 Å². The summed E-state index contributed by atoms with van der Waals surface area (Å²) in [7, 11) is 0. The average Bonchev–Trinajstić information content (AvgIpc) is 2.78. The molecular weight excluding hydrogens is 262 g/mol. The Morgan fingerprint density at radius 1 is 1.11 bits per heavy atom. The molecule has 3 aromatic rings. The van der Waals surface area contributed by atoms with Crippen LogP contribution in [0.25, 0.3) is 22.6 Å². The van der Waals surface area contributed by atoms with Gasteiger partial charge in [-0.2, -0.15) is 0 Å². The molecular formula is C14H12ClN3O. The van der Waals surface area contributed by atoms with Crippen LogP contribution in [0, 0.1) is 6.92 Å². The molecule has 3 rings (SSSR count). The predicted molar refractivity (Wildman–Crippen MR) is 78.0 cm³/mol. The molecule has 0 unspecified atom stereocenters. The normalized spacial score (nSPS) is 11.1. The molecule has 0 amide bonds. The molecule has 0 fully saturated rings. The molecule has 4 N–H and O–H groups in total. The van der Waals surface area contributed by atoms with Crippen molar-refractivity contribution in [2.24, 2.45) is 0 Å². The van der Waals surface area contributed by atoms with Gasteiger partial charge in [0.15, 0.2) is 5.58 Å². The number of fused-ring (bicyclic) bond motifs is 1. The van der Waals surface area contributed by atoms with Gasteiger partial charge in [-0.15, -0.1) is 0 Å². The fourth-order valence-electron chi connectivity index (χ4n) is 1.95. The number of aromatic nitrogens is 1. The number of hydrogen-bond donors (Lipinski definition) is 2. The number of anilines is 2. The molecule has 0 radical (unpaired) electrons. The number of nitrogen functional groups attached to an aromatic ring is 2. The molecule has 0 saturated heterocycles. The van der Waals surface area contributed by atoms with Gasteiger partial charge in [0.05, 0.1) is 16.4 Å². The number of hydrogen-bond acceptors (Lipinski definition) is 4. The zero-order valence-corrected chi connectivity index (χ0v) is 11.0. The average molecular weight is 274 g/mol. The van der Waals surface area contributed by atoms with Gasteiger partial charge in [-0.1, -0.05) is 17.7 Å². The van der Waals surface area contributed by atoms with Crippen LogP contribution in [0.2, 0.25) is 5.02 Å². The van der Waals surface area contributed by atoms with Crippen molar-refractivity contribution in [3.63, 3.8) is 0 Å². The van der Waals surface area contributed by atoms with Gasteiger partial charge < -0.3 is 15.9 Å². The van der Waals surface area contributed by atoms with Crippen molar-refractivity contribution in [3.05, 3.63) is 40.9 Å². The maximum atomic E-state index is 5.94. The topological polar surface area (TPSA) is 78.1 Å². The molecule has 1 aromatic heterocycles. The summed E-state index contributed by atoms with van der Waals surface area (Å²) >= 11 is 5.94. The van der Waals surface area contributed by atoms with Crippen molar-refractivity contribution in [3.8, 4) is 11.5 Å². The monoisotopic (exact) mass is 273 g/mol. The quantitative estimate of drug-likeness (QED) is 0.664. The standard InChI is InChI=1S/C14H12ClN3O/c1-7-2-3-12-11(4-7)18-14(19-12)8-5-9(16)13(15)10(17)6-8/h2-6H,16-17H2,1H3. The number of nitrogens with zero attached hydrogens (tertiary/aromatic N) is 1. The van der Waals surface area contributed by atoms with Gasteiger partial charge in [-0.25, -0.2) is 4.98 Å². The maximum absolute atomic E-state index is 5.94. The van der Waals surface area contributed by atoms with E-state index in [9.17, 15) is 0 Å². The lowest BCUT2D eigenvalue weighted by molar-refractivity contribution is 0.620. The highest BCUT2D eigenvalue weighted by Gasteiger charge is 2.11. The summed E-state index contributed by atoms with van der Waals surface area (Å²) < 4.78 is 5.69. The van der Waals surface area contributed by atoms with Gasteiger partial charge in [-0.3, -0.25) is 0 Å². The molecule has 0 bridgehead atoms. The predicted octanol–water partition coefficient (Wildman–Crippen LogP) is 3.62. The van der Waals surface area contributed by atoms with E-state index in [0.29, 0.717) is 27.9 Å². The van der Waals surface area contributed by atoms with E-state index >= 15 is 0 Å². The lowest BCUT2D eigenvalue weighted by Crippen LogP contribution is -1.94. The highest BCUT2D eigenvalue weighted by atomic mass is 35.5. The van der Waals surface area contributed by atoms with Crippen LogP contribution in [-0.4, -0.2) is 4.98 Å². The molecule has 4 nitrogen and oxygen atoms in total. The zero-order chi connectivity index (χ0) is 13.6. The lowest BCUT2D eigenvalue weighted by Gasteiger charge is -2.04. The molecule has 0 aliphatic rings. The Morgan fingerprint density at radius 2 is 1.79 bits per heavy atom. The molecule has 1 heterocycles. The summed E-state index contributed by atoms with van der Waals surface area (Å²) in [5.41, 5.74) is 15.8. The Morgan fingerprint density at radius 3 is 2.47 bits per heavy atom. The molecule has 2 aromatic carbocycles. The summed E-state index contributed by atoms with van der Waals surface area (Å²) in [6.45, 7) is 2.01. The third kappa shape index (κ3) is 2.00. The summed E-state index contributed by atoms with van der Waals surface area (Å²) in [5, 5.41) is 0.357. The number of aryl methyl sites for hydroxylation is 1. The minimum Gasteiger partial charge on any atom is -0.436 e. The first-order valence-electron chi connectivity index (χ1n) is 5.76. The second kappa shape index (κ2) is 4.17. The Kier molecular flexibility index (Phi) is 2.61. The van der Waals surface area contributed by atoms with Crippen molar-refractivity contribution >= 4 is 34.1 Å². The van der Waals surface area contributed by atoms with E-state index in [1.54, 1.807) is 12.1 Å². The van der Waals surface area contributed by atoms with Crippen molar-refractivity contribution in [1.29, 1.82) is 0 Å². The Labute approximate surface area is 115 Å². The van der Waals surface area contributed by atoms with Gasteiger partial charge in [0, 0.05) is 5.56 Å². The van der Waals surface area contributed by atoms with Crippen LogP contribution in [0.3, 0.4) is 0 Å². The van der Waals surface area contributed by atoms with Crippen molar-refractivity contribution in [2.45, 2.75) is 6.92 Å². The minimum atomic E-state index is 0.357. The highest BCUT2D eigenvalue weighted by Crippen LogP contribution is 2.33. The Bertz CT molecular complexity index is 756. The molecule has 0 aliphatic heterocycles. The minimum absolute atomic E-state index is 0.357. The van der Waals surface area contributed by atoms with Gasteiger partial charge in [0.25, 0.3) is 0 Å². The summed E-state index contributed by atoms with van der Waals surface area (Å²) in [6.07, 6.45) is 0. The molecule has 96 valence electrons. The number of oxazole rings is 1. The zero-order valence-electron chi connectivity index (χ0n) is 10.3. The van der Waals surface area contributed by atoms with Gasteiger partial charge >= 0.3 is 0 Å². The number of halogens is 1. The summed E-state index contributed by atoms with van der Waals surface area (Å²) in [6, 6.07) is 9.24. The van der Waals surface area contributed by atoms with Gasteiger partial charge in [0.2, 0.25) is 5.89 Å². The van der Waals surface area contributed by atoms with Crippen LogP contribution in [0.1, 0.15) is 5.56 Å². The van der Waals surface area contributed by atoms with Crippen LogP contribution >= 0.6 is 11.6 Å².